The molecular weight excluding hydrogens is 509 g/mol. The molecule has 2 aromatic heterocycles. The van der Waals surface area contributed by atoms with E-state index in [4.69, 9.17) is 0 Å². The second-order valence-corrected chi connectivity index (χ2v) is 11.0. The number of nitrogens with one attached hydrogen (secondary N) is 2. The van der Waals surface area contributed by atoms with Crippen LogP contribution in [0.15, 0.2) is 53.7 Å². The van der Waals surface area contributed by atoms with Crippen molar-refractivity contribution in [2.24, 2.45) is 11.8 Å². The number of carbonyl (C=O) groups excluding carboxylic acids is 1. The first kappa shape index (κ1) is 26.3. The van der Waals surface area contributed by atoms with Crippen LogP contribution in [0.5, 0.6) is 0 Å². The Balaban J connectivity index is 1.67. The average Bonchev–Trinajstić information content (AvgIpc) is 3.48. The molecule has 3 heterocycles. The highest BCUT2D eigenvalue weighted by Gasteiger charge is 2.39. The predicted molar refractivity (Wildman–Crippen MR) is 130 cm³/mol. The zero-order chi connectivity index (χ0) is 27.0. The van der Waals surface area contributed by atoms with Crippen molar-refractivity contribution in [3.8, 4) is 6.07 Å². The average molecular weight is 535 g/mol. The third kappa shape index (κ3) is 5.34. The fourth-order valence-electron chi connectivity index (χ4n) is 4.50. The lowest BCUT2D eigenvalue weighted by Gasteiger charge is -2.24. The van der Waals surface area contributed by atoms with E-state index in [1.54, 1.807) is 24.3 Å². The molecule has 0 saturated carbocycles. The minimum absolute atomic E-state index is 0.0591. The van der Waals surface area contributed by atoms with Gasteiger partial charge in [0.25, 0.3) is 10.0 Å². The maximum Gasteiger partial charge on any atom is 0.405 e. The summed E-state index contributed by atoms with van der Waals surface area (Å²) >= 11 is 0. The van der Waals surface area contributed by atoms with E-state index in [0.29, 0.717) is 11.1 Å². The number of urea groups is 1. The number of fused-ring (bicyclic) bond motifs is 1. The van der Waals surface area contributed by atoms with Crippen molar-refractivity contribution < 1.29 is 26.4 Å². The Morgan fingerprint density at radius 2 is 1.92 bits per heavy atom. The van der Waals surface area contributed by atoms with Gasteiger partial charge in [0.05, 0.1) is 16.1 Å². The zero-order valence-electron chi connectivity index (χ0n) is 20.0. The van der Waals surface area contributed by atoms with E-state index in [1.165, 1.54) is 29.4 Å². The summed E-state index contributed by atoms with van der Waals surface area (Å²) in [4.78, 5) is 18.0. The molecule has 0 bridgehead atoms. The molecule has 1 aliphatic heterocycles. The number of halogens is 3. The third-order valence-corrected chi connectivity index (χ3v) is 8.06. The number of nitrogens with zero attached hydrogens (tertiary/aromatic N) is 4. The summed E-state index contributed by atoms with van der Waals surface area (Å²) in [5, 5.41) is 15.3. The molecule has 1 saturated heterocycles. The smallest absolute Gasteiger partial charge is 0.378 e. The molecule has 13 heteroatoms. The highest BCUT2D eigenvalue weighted by molar-refractivity contribution is 7.90. The van der Waals surface area contributed by atoms with Crippen molar-refractivity contribution in [3.05, 3.63) is 54.4 Å². The first-order valence-corrected chi connectivity index (χ1v) is 12.9. The van der Waals surface area contributed by atoms with Crippen LogP contribution >= 0.6 is 0 Å². The number of aromatic nitrogens is 2. The van der Waals surface area contributed by atoms with E-state index in [-0.39, 0.29) is 41.0 Å². The Bertz CT molecular complexity index is 1450. The van der Waals surface area contributed by atoms with E-state index in [2.05, 4.69) is 16.4 Å². The minimum Gasteiger partial charge on any atom is -0.378 e. The highest BCUT2D eigenvalue weighted by Crippen LogP contribution is 2.33. The number of rotatable bonds is 6. The lowest BCUT2D eigenvalue weighted by Crippen LogP contribution is -2.43. The summed E-state index contributed by atoms with van der Waals surface area (Å²) in [7, 11) is -3.96. The van der Waals surface area contributed by atoms with Gasteiger partial charge >= 0.3 is 12.2 Å². The first-order valence-electron chi connectivity index (χ1n) is 11.5. The number of anilines is 1. The van der Waals surface area contributed by atoms with Crippen molar-refractivity contribution in [1.29, 1.82) is 5.26 Å². The van der Waals surface area contributed by atoms with Gasteiger partial charge in [0, 0.05) is 42.8 Å². The molecule has 1 aromatic carbocycles. The summed E-state index contributed by atoms with van der Waals surface area (Å²) in [6.07, 6.45) is -1.89. The van der Waals surface area contributed by atoms with Crippen LogP contribution in [0.25, 0.3) is 11.0 Å². The van der Waals surface area contributed by atoms with Crippen LogP contribution in [-0.4, -0.2) is 60.2 Å². The standard InChI is InChI=1S/C24H25F3N6O3S/c1-15(2)19-12-32(23(34)30-14-24(25,26)27)13-20(19)31-21-16(10-28)11-29-22-18(21)8-9-33(22)37(35,36)17-6-4-3-5-7-17/h3-9,11,15,19-20H,12-14H2,1-2H3,(H,29,31)(H,30,34). The highest BCUT2D eigenvalue weighted by atomic mass is 32.2. The van der Waals surface area contributed by atoms with Crippen molar-refractivity contribution in [1.82, 2.24) is 19.2 Å². The van der Waals surface area contributed by atoms with Crippen molar-refractivity contribution in [2.45, 2.75) is 31.0 Å². The number of benzene rings is 1. The van der Waals surface area contributed by atoms with E-state index in [9.17, 15) is 31.6 Å². The number of hydrogen-bond acceptors (Lipinski definition) is 6. The van der Waals surface area contributed by atoms with Crippen LogP contribution in [0, 0.1) is 23.2 Å². The molecular formula is C24H25F3N6O3S. The molecule has 0 radical (unpaired) electrons. The molecule has 4 rings (SSSR count). The molecule has 2 amide bonds. The van der Waals surface area contributed by atoms with Crippen molar-refractivity contribution >= 4 is 32.8 Å². The van der Waals surface area contributed by atoms with E-state index in [1.807, 2.05) is 19.2 Å². The van der Waals surface area contributed by atoms with Crippen LogP contribution in [0.2, 0.25) is 0 Å². The van der Waals surface area contributed by atoms with Crippen LogP contribution in [0.1, 0.15) is 19.4 Å². The molecule has 196 valence electrons. The number of likely N-dealkylation sites (tertiary alicyclic amines) is 1. The Morgan fingerprint density at radius 1 is 1.22 bits per heavy atom. The number of nitriles is 1. The van der Waals surface area contributed by atoms with Gasteiger partial charge in [-0.15, -0.1) is 0 Å². The lowest BCUT2D eigenvalue weighted by atomic mass is 9.91. The Labute approximate surface area is 211 Å². The normalized spacial score (nSPS) is 18.2. The minimum atomic E-state index is -4.53. The van der Waals surface area contributed by atoms with Gasteiger partial charge in [-0.2, -0.15) is 18.4 Å². The molecule has 9 nitrogen and oxygen atoms in total. The van der Waals surface area contributed by atoms with Crippen LogP contribution in [-0.2, 0) is 10.0 Å². The number of pyridine rings is 1. The second kappa shape index (κ2) is 9.93. The van der Waals surface area contributed by atoms with Crippen LogP contribution in [0.4, 0.5) is 23.7 Å². The quantitative estimate of drug-likeness (QED) is 0.497. The fourth-order valence-corrected chi connectivity index (χ4v) is 5.82. The SMILES string of the molecule is CC(C)C1CN(C(=O)NCC(F)(F)F)CC1Nc1c(C#N)cnc2c1ccn2S(=O)(=O)c1ccccc1. The first-order chi connectivity index (χ1) is 17.4. The maximum absolute atomic E-state index is 13.2. The van der Waals surface area contributed by atoms with Gasteiger partial charge in [0.15, 0.2) is 5.65 Å². The third-order valence-electron chi connectivity index (χ3n) is 6.38. The molecule has 3 aromatic rings. The molecule has 0 aliphatic carbocycles. The summed E-state index contributed by atoms with van der Waals surface area (Å²) < 4.78 is 65.2. The summed E-state index contributed by atoms with van der Waals surface area (Å²) in [5.41, 5.74) is 0.636. The Morgan fingerprint density at radius 3 is 2.54 bits per heavy atom. The summed E-state index contributed by atoms with van der Waals surface area (Å²) in [6.45, 7) is 2.77. The number of amides is 2. The van der Waals surface area contributed by atoms with E-state index >= 15 is 0 Å². The van der Waals surface area contributed by atoms with Gasteiger partial charge in [0.1, 0.15) is 12.6 Å². The van der Waals surface area contributed by atoms with Gasteiger partial charge in [-0.1, -0.05) is 32.0 Å². The molecule has 0 spiro atoms. The molecule has 2 atom stereocenters. The van der Waals surface area contributed by atoms with Crippen molar-refractivity contribution in [2.75, 3.05) is 25.0 Å². The van der Waals surface area contributed by atoms with Crippen molar-refractivity contribution in [3.63, 3.8) is 0 Å². The predicted octanol–water partition coefficient (Wildman–Crippen LogP) is 3.79. The largest absolute Gasteiger partial charge is 0.405 e. The van der Waals surface area contributed by atoms with Crippen LogP contribution in [0.3, 0.4) is 0 Å². The second-order valence-electron chi connectivity index (χ2n) is 9.16. The monoisotopic (exact) mass is 534 g/mol. The van der Waals surface area contributed by atoms with E-state index in [0.717, 1.165) is 3.97 Å². The topological polar surface area (TPSA) is 120 Å². The van der Waals surface area contributed by atoms with Gasteiger partial charge in [-0.05, 0) is 24.1 Å². The number of carbonyl (C=O) groups is 1. The van der Waals surface area contributed by atoms with E-state index < -0.39 is 34.8 Å². The van der Waals surface area contributed by atoms with Crippen LogP contribution < -0.4 is 10.6 Å². The number of alkyl halides is 3. The molecule has 2 N–H and O–H groups in total. The Hall–Kier alpha value is -3.79. The fraction of sp³-hybridized carbons (Fsp3) is 0.375. The van der Waals surface area contributed by atoms with Gasteiger partial charge < -0.3 is 15.5 Å². The zero-order valence-corrected chi connectivity index (χ0v) is 20.8. The summed E-state index contributed by atoms with van der Waals surface area (Å²) in [6, 6.07) is 10.2. The molecule has 1 aliphatic rings. The maximum atomic E-state index is 13.2. The van der Waals surface area contributed by atoms with Gasteiger partial charge in [0.2, 0.25) is 0 Å². The lowest BCUT2D eigenvalue weighted by molar-refractivity contribution is -0.123. The number of hydrogen-bond donors (Lipinski definition) is 2. The Kier molecular flexibility index (Phi) is 7.05. The molecule has 37 heavy (non-hydrogen) atoms. The van der Waals surface area contributed by atoms with Gasteiger partial charge in [-0.25, -0.2) is 22.2 Å². The van der Waals surface area contributed by atoms with Gasteiger partial charge in [-0.3, -0.25) is 0 Å². The molecule has 1 fully saturated rings. The molecule has 2 unspecified atom stereocenters. The summed E-state index contributed by atoms with van der Waals surface area (Å²) in [5.74, 6) is -0.0784.